The fourth-order valence-corrected chi connectivity index (χ4v) is 5.69. The average molecular weight is 628 g/mol. The van der Waals surface area contributed by atoms with Crippen LogP contribution >= 0.6 is 0 Å². The summed E-state index contributed by atoms with van der Waals surface area (Å²) in [5.41, 5.74) is 5.09. The molecule has 0 radical (unpaired) electrons. The molecule has 0 bridgehead atoms. The zero-order valence-corrected chi connectivity index (χ0v) is 26.6. The van der Waals surface area contributed by atoms with Crippen molar-refractivity contribution in [2.24, 2.45) is 7.05 Å². The lowest BCUT2D eigenvalue weighted by atomic mass is 10.1. The van der Waals surface area contributed by atoms with Gasteiger partial charge in [0.1, 0.15) is 6.10 Å². The Morgan fingerprint density at radius 3 is 2.76 bits per heavy atom. The largest absolute Gasteiger partial charge is 0.459 e. The number of likely N-dealkylation sites (tertiary alicyclic amines) is 1. The van der Waals surface area contributed by atoms with Crippen molar-refractivity contribution >= 4 is 40.1 Å². The molecule has 1 aromatic carbocycles. The molecular formula is C32H38FN11O2. The first-order valence-electron chi connectivity index (χ1n) is 15.4. The number of nitrogens with one attached hydrogen (secondary N) is 3. The fraction of sp³-hybridized carbons (Fsp3) is 0.375. The second-order valence-corrected chi connectivity index (χ2v) is 11.4. The number of amides is 1. The number of halogens is 1. The molecule has 1 aliphatic rings. The Morgan fingerprint density at radius 1 is 1.17 bits per heavy atom. The lowest BCUT2D eigenvalue weighted by molar-refractivity contribution is -0.117. The molecule has 0 aliphatic carbocycles. The number of hydrogen-bond donors (Lipinski definition) is 3. The molecule has 1 atom stereocenters. The van der Waals surface area contributed by atoms with Crippen molar-refractivity contribution in [1.82, 2.24) is 39.6 Å². The summed E-state index contributed by atoms with van der Waals surface area (Å²) in [6, 6.07) is 7.86. The third-order valence-corrected chi connectivity index (χ3v) is 8.20. The van der Waals surface area contributed by atoms with Gasteiger partial charge in [0.15, 0.2) is 17.5 Å². The first kappa shape index (κ1) is 30.9. The van der Waals surface area contributed by atoms with Gasteiger partial charge in [-0.05, 0) is 45.7 Å². The predicted molar refractivity (Wildman–Crippen MR) is 175 cm³/mol. The molecule has 5 aromatic rings. The normalized spacial score (nSPS) is 15.0. The average Bonchev–Trinajstić information content (AvgIpc) is 3.75. The lowest BCUT2D eigenvalue weighted by Crippen LogP contribution is -2.33. The van der Waals surface area contributed by atoms with Gasteiger partial charge in [0.05, 0.1) is 29.6 Å². The van der Waals surface area contributed by atoms with Gasteiger partial charge in [-0.15, -0.1) is 0 Å². The first-order chi connectivity index (χ1) is 22.2. The van der Waals surface area contributed by atoms with Gasteiger partial charge in [-0.3, -0.25) is 14.4 Å². The van der Waals surface area contributed by atoms with Crippen LogP contribution in [0.1, 0.15) is 31.5 Å². The number of benzene rings is 1. The van der Waals surface area contributed by atoms with Crippen LogP contribution in [0.25, 0.3) is 22.2 Å². The molecule has 5 heterocycles. The number of anilines is 4. The number of aromatic amines is 1. The van der Waals surface area contributed by atoms with E-state index in [0.29, 0.717) is 50.1 Å². The predicted octanol–water partition coefficient (Wildman–Crippen LogP) is 4.59. The van der Waals surface area contributed by atoms with E-state index in [0.717, 1.165) is 39.6 Å². The van der Waals surface area contributed by atoms with Crippen LogP contribution in [-0.2, 0) is 11.8 Å². The minimum absolute atomic E-state index is 0.137. The number of H-pyrrole nitrogens is 1. The van der Waals surface area contributed by atoms with Crippen molar-refractivity contribution in [2.75, 3.05) is 48.3 Å². The topological polar surface area (TPSA) is 142 Å². The first-order valence-corrected chi connectivity index (χ1v) is 15.4. The van der Waals surface area contributed by atoms with Gasteiger partial charge in [0, 0.05) is 68.3 Å². The zero-order chi connectivity index (χ0) is 32.4. The van der Waals surface area contributed by atoms with Gasteiger partial charge in [-0.2, -0.15) is 10.1 Å². The number of ether oxygens (including phenoxy) is 1. The molecule has 0 saturated carbocycles. The van der Waals surface area contributed by atoms with E-state index >= 15 is 0 Å². The molecule has 1 saturated heterocycles. The number of hydrogen-bond acceptors (Lipinski definition) is 10. The maximum absolute atomic E-state index is 14.3. The van der Waals surface area contributed by atoms with Crippen molar-refractivity contribution in [3.05, 3.63) is 59.9 Å². The summed E-state index contributed by atoms with van der Waals surface area (Å²) in [5, 5.41) is 11.6. The number of carbonyl (C=O) groups excluding carboxylic acids is 1. The van der Waals surface area contributed by atoms with Gasteiger partial charge in [-0.25, -0.2) is 19.3 Å². The molecule has 1 fully saturated rings. The highest BCUT2D eigenvalue weighted by molar-refractivity contribution is 6.06. The Balaban J connectivity index is 1.11. The van der Waals surface area contributed by atoms with Crippen LogP contribution in [0.2, 0.25) is 0 Å². The maximum atomic E-state index is 14.3. The quantitative estimate of drug-likeness (QED) is 0.190. The fourth-order valence-electron chi connectivity index (χ4n) is 5.69. The van der Waals surface area contributed by atoms with Crippen molar-refractivity contribution in [3.63, 3.8) is 0 Å². The molecule has 6 rings (SSSR count). The Labute approximate surface area is 266 Å². The highest BCUT2D eigenvalue weighted by Gasteiger charge is 2.27. The van der Waals surface area contributed by atoms with Crippen LogP contribution in [0, 0.1) is 19.7 Å². The van der Waals surface area contributed by atoms with Crippen LogP contribution in [0.5, 0.6) is 6.01 Å². The molecule has 240 valence electrons. The maximum Gasteiger partial charge on any atom is 0.318 e. The van der Waals surface area contributed by atoms with Crippen LogP contribution < -0.4 is 20.3 Å². The molecule has 46 heavy (non-hydrogen) atoms. The summed E-state index contributed by atoms with van der Waals surface area (Å²) in [7, 11) is 1.88. The smallest absolute Gasteiger partial charge is 0.318 e. The van der Waals surface area contributed by atoms with Crippen molar-refractivity contribution in [1.29, 1.82) is 0 Å². The van der Waals surface area contributed by atoms with E-state index in [4.69, 9.17) is 9.72 Å². The molecular weight excluding hydrogens is 589 g/mol. The third-order valence-electron chi connectivity index (χ3n) is 8.20. The summed E-state index contributed by atoms with van der Waals surface area (Å²) in [4.78, 5) is 37.9. The summed E-state index contributed by atoms with van der Waals surface area (Å²) >= 11 is 0. The summed E-state index contributed by atoms with van der Waals surface area (Å²) in [6.07, 6.45) is 5.33. The van der Waals surface area contributed by atoms with Gasteiger partial charge >= 0.3 is 6.01 Å². The number of carbonyl (C=O) groups is 1. The van der Waals surface area contributed by atoms with E-state index in [1.54, 1.807) is 10.9 Å². The summed E-state index contributed by atoms with van der Waals surface area (Å²) in [6.45, 7) is 10.5. The number of para-hydroxylation sites is 1. The van der Waals surface area contributed by atoms with E-state index < -0.39 is 5.82 Å². The van der Waals surface area contributed by atoms with Gasteiger partial charge in [-0.1, -0.05) is 12.1 Å². The zero-order valence-electron chi connectivity index (χ0n) is 26.6. The van der Waals surface area contributed by atoms with E-state index in [1.807, 2.05) is 75.0 Å². The monoisotopic (exact) mass is 627 g/mol. The number of rotatable bonds is 11. The molecule has 1 unspecified atom stereocenters. The van der Waals surface area contributed by atoms with Crippen LogP contribution in [0.15, 0.2) is 42.9 Å². The second-order valence-electron chi connectivity index (χ2n) is 11.4. The molecule has 3 N–H and O–H groups in total. The summed E-state index contributed by atoms with van der Waals surface area (Å²) in [5.74, 6) is 0.733. The van der Waals surface area contributed by atoms with E-state index in [2.05, 4.69) is 35.7 Å². The molecule has 0 spiro atoms. The number of aryl methyl sites for hydroxylation is 3. The molecule has 4 aromatic heterocycles. The SMILES string of the molecule is CCN(CC)c1nc(OC2CCN(CC(=O)Nc3cccc4c(-c5nc(Nc6cc(C)n(C)n6)ncc5C)c[nH]c34)C2)ncc1F. The minimum atomic E-state index is -0.477. The molecule has 13 nitrogen and oxygen atoms in total. The van der Waals surface area contributed by atoms with Crippen LogP contribution in [0.4, 0.5) is 27.7 Å². The van der Waals surface area contributed by atoms with Gasteiger partial charge < -0.3 is 25.3 Å². The number of fused-ring (bicyclic) bond motifs is 1. The number of aromatic nitrogens is 7. The van der Waals surface area contributed by atoms with Crippen LogP contribution in [0.3, 0.4) is 0 Å². The van der Waals surface area contributed by atoms with Crippen molar-refractivity contribution < 1.29 is 13.9 Å². The minimum Gasteiger partial charge on any atom is -0.459 e. The highest BCUT2D eigenvalue weighted by atomic mass is 19.1. The molecule has 1 aliphatic heterocycles. The Bertz CT molecular complexity index is 1850. The molecule has 1 amide bonds. The van der Waals surface area contributed by atoms with E-state index in [-0.39, 0.29) is 30.4 Å². The third kappa shape index (κ3) is 6.47. The van der Waals surface area contributed by atoms with Crippen molar-refractivity contribution in [3.8, 4) is 17.3 Å². The lowest BCUT2D eigenvalue weighted by Gasteiger charge is -2.21. The number of nitrogens with zero attached hydrogens (tertiary/aromatic N) is 8. The summed E-state index contributed by atoms with van der Waals surface area (Å²) < 4.78 is 22.1. The van der Waals surface area contributed by atoms with Crippen molar-refractivity contribution in [2.45, 2.75) is 40.2 Å². The Hall–Kier alpha value is -5.11. The van der Waals surface area contributed by atoms with Crippen LogP contribution in [-0.4, -0.2) is 84.3 Å². The second kappa shape index (κ2) is 13.1. The van der Waals surface area contributed by atoms with Gasteiger partial charge in [0.25, 0.3) is 0 Å². The Morgan fingerprint density at radius 2 is 2.00 bits per heavy atom. The van der Waals surface area contributed by atoms with E-state index in [9.17, 15) is 9.18 Å². The van der Waals surface area contributed by atoms with Gasteiger partial charge in [0.2, 0.25) is 11.9 Å². The van der Waals surface area contributed by atoms with E-state index in [1.165, 1.54) is 0 Å². The molecule has 14 heteroatoms. The highest BCUT2D eigenvalue weighted by Crippen LogP contribution is 2.33. The standard InChI is InChI=1S/C32H38FN11O2/c1-6-44(7-2)30-24(33)16-36-32(40-30)46-21-11-12-43(17-21)18-27(45)37-25-10-8-9-22-23(15-34-29(22)25)28-19(3)14-35-31(39-28)38-26-13-20(4)42(5)41-26/h8-10,13-16,21,34H,6-7,11-12,17-18H2,1-5H3,(H,37,45)(H,35,38,39,41). The Kier molecular flexibility index (Phi) is 8.79.